The van der Waals surface area contributed by atoms with Crippen molar-refractivity contribution in [3.63, 3.8) is 0 Å². The first kappa shape index (κ1) is 34.9. The fourth-order valence-electron chi connectivity index (χ4n) is 4.24. The fraction of sp³-hybridized carbons (Fsp3) is 0.316. The Hall–Kier alpha value is -4.01. The number of anilines is 1. The zero-order valence-corrected chi connectivity index (χ0v) is 25.2. The van der Waals surface area contributed by atoms with E-state index in [0.717, 1.165) is 18.2 Å². The number of hydrogen-bond donors (Lipinski definition) is 6. The molecule has 27 heteroatoms. The van der Waals surface area contributed by atoms with Crippen LogP contribution < -0.4 is 11.3 Å². The van der Waals surface area contributed by atoms with Crippen LogP contribution in [0.25, 0.3) is 21.5 Å². The van der Waals surface area contributed by atoms with Gasteiger partial charge in [0.1, 0.15) is 24.3 Å². The minimum absolute atomic E-state index is 0.0461. The lowest BCUT2D eigenvalue weighted by Crippen LogP contribution is -2.31. The molecule has 0 radical (unpaired) electrons. The van der Waals surface area contributed by atoms with Gasteiger partial charge in [-0.1, -0.05) is 5.11 Å². The lowest BCUT2D eigenvalue weighted by Gasteiger charge is -2.21. The number of nitrogens with two attached hydrogens (primary N) is 1. The summed E-state index contributed by atoms with van der Waals surface area (Å²) in [5.41, 5.74) is 13.1. The molecule has 2 aromatic heterocycles. The summed E-state index contributed by atoms with van der Waals surface area (Å²) in [5, 5.41) is 14.5. The second-order valence-corrected chi connectivity index (χ2v) is 13.5. The molecule has 248 valence electrons. The Morgan fingerprint density at radius 3 is 2.61 bits per heavy atom. The summed E-state index contributed by atoms with van der Waals surface area (Å²) in [7, 11) is -17.2. The van der Waals surface area contributed by atoms with Crippen LogP contribution in [0, 0.1) is 10.1 Å². The van der Waals surface area contributed by atoms with Gasteiger partial charge in [0.2, 0.25) is 0 Å². The third-order valence-corrected chi connectivity index (χ3v) is 9.79. The van der Waals surface area contributed by atoms with Crippen LogP contribution in [-0.4, -0.2) is 63.8 Å². The summed E-state index contributed by atoms with van der Waals surface area (Å²) in [6.45, 7) is -1.52. The molecule has 46 heavy (non-hydrogen) atoms. The average Bonchev–Trinajstić information content (AvgIpc) is 3.52. The SMILES string of the molecule is [N-]=[N+]=NCc1cc([N+](=O)[O-])ccc1C(=O)OC1C[C@H](n2cnc3c(=O)[nH]c(N)cc32)O[C@@H]1COP(=O)(O)OP(=O)(O)OP(=O)(O)O. The number of hydrogen-bond acceptors (Lipinski definition) is 15. The molecule has 0 amide bonds. The number of nitro benzene ring substituents is 1. The highest BCUT2D eigenvalue weighted by atomic mass is 31.3. The first-order chi connectivity index (χ1) is 21.4. The number of non-ortho nitro benzene ring substituents is 1. The molecule has 4 rings (SSSR count). The molecule has 3 unspecified atom stereocenters. The molecule has 0 spiro atoms. The van der Waals surface area contributed by atoms with E-state index in [4.69, 9.17) is 30.5 Å². The number of aromatic amines is 1. The molecule has 3 aromatic rings. The number of esters is 1. The summed E-state index contributed by atoms with van der Waals surface area (Å²) >= 11 is 0. The van der Waals surface area contributed by atoms with Crippen LogP contribution in [0.5, 0.6) is 0 Å². The molecule has 7 N–H and O–H groups in total. The number of phosphoric acid groups is 3. The van der Waals surface area contributed by atoms with Gasteiger partial charge in [0, 0.05) is 29.5 Å². The van der Waals surface area contributed by atoms with E-state index in [1.807, 2.05) is 0 Å². The smallest absolute Gasteiger partial charge is 0.456 e. The standard InChI is InChI=1S/C19H21N8O16P3/c20-15-4-12-17(18(28)24-15)22-8-26(12)16-5-13(14(40-16)7-39-45(35,36)43-46(37,38)42-44(32,33)34)41-19(29)11-2-1-10(27(30)31)3-9(11)6-23-25-21/h1-4,8,13-14,16H,5-7H2,(H,35,36)(H,37,38)(H3,20,24,28)(H2,32,33,34)/t13?,14-,16-/m1/s1. The number of H-pyrrole nitrogens is 1. The Morgan fingerprint density at radius 2 is 1.96 bits per heavy atom. The molecule has 1 saturated heterocycles. The van der Waals surface area contributed by atoms with Gasteiger partial charge in [-0.05, 0) is 17.2 Å². The van der Waals surface area contributed by atoms with Crippen molar-refractivity contribution in [3.8, 4) is 0 Å². The van der Waals surface area contributed by atoms with Crippen molar-refractivity contribution >= 4 is 52.0 Å². The number of nitrogens with zero attached hydrogens (tertiary/aromatic N) is 6. The molecule has 1 aliphatic heterocycles. The predicted octanol–water partition coefficient (Wildman–Crippen LogP) is 1.88. The largest absolute Gasteiger partial charge is 0.490 e. The number of benzene rings is 1. The summed E-state index contributed by atoms with van der Waals surface area (Å²) in [5.74, 6) is -1.16. The number of rotatable bonds is 13. The van der Waals surface area contributed by atoms with Gasteiger partial charge in [-0.15, -0.1) is 0 Å². The summed E-state index contributed by atoms with van der Waals surface area (Å²) in [4.78, 5) is 81.6. The number of azide groups is 1. The van der Waals surface area contributed by atoms with Gasteiger partial charge in [-0.25, -0.2) is 23.5 Å². The number of pyridine rings is 1. The summed E-state index contributed by atoms with van der Waals surface area (Å²) in [6, 6.07) is 4.34. The molecule has 0 aliphatic carbocycles. The van der Waals surface area contributed by atoms with Gasteiger partial charge in [0.15, 0.2) is 5.52 Å². The fourth-order valence-corrected chi connectivity index (χ4v) is 7.27. The topological polar surface area (TPSA) is 364 Å². The van der Waals surface area contributed by atoms with Crippen LogP contribution in [-0.2, 0) is 42.9 Å². The van der Waals surface area contributed by atoms with Gasteiger partial charge in [0.05, 0.1) is 35.5 Å². The van der Waals surface area contributed by atoms with Crippen LogP contribution in [0.3, 0.4) is 0 Å². The maximum Gasteiger partial charge on any atom is 0.490 e. The van der Waals surface area contributed by atoms with Crippen molar-refractivity contribution in [2.45, 2.75) is 31.4 Å². The third-order valence-electron chi connectivity index (χ3n) is 5.99. The number of imidazole rings is 1. The zero-order chi connectivity index (χ0) is 34.0. The Labute approximate surface area is 253 Å². The number of phosphoric ester groups is 1. The quantitative estimate of drug-likeness (QED) is 0.0280. The van der Waals surface area contributed by atoms with Gasteiger partial charge in [0.25, 0.3) is 11.2 Å². The van der Waals surface area contributed by atoms with E-state index < -0.39 is 77.2 Å². The number of nitrogens with one attached hydrogen (secondary N) is 1. The second-order valence-electron chi connectivity index (χ2n) is 9.12. The highest BCUT2D eigenvalue weighted by Crippen LogP contribution is 2.66. The Bertz CT molecular complexity index is 1940. The number of fused-ring (bicyclic) bond motifs is 1. The lowest BCUT2D eigenvalue weighted by atomic mass is 10.1. The molecule has 1 aromatic carbocycles. The average molecular weight is 710 g/mol. The zero-order valence-electron chi connectivity index (χ0n) is 22.5. The monoisotopic (exact) mass is 710 g/mol. The van der Waals surface area contributed by atoms with E-state index >= 15 is 0 Å². The first-order valence-corrected chi connectivity index (χ1v) is 16.7. The van der Waals surface area contributed by atoms with Gasteiger partial charge in [-0.2, -0.15) is 8.62 Å². The molecule has 3 heterocycles. The Balaban J connectivity index is 1.63. The normalized spacial score (nSPS) is 20.8. The summed E-state index contributed by atoms with van der Waals surface area (Å²) < 4.78 is 59.6. The van der Waals surface area contributed by atoms with Crippen molar-refractivity contribution in [2.24, 2.45) is 5.11 Å². The van der Waals surface area contributed by atoms with Crippen molar-refractivity contribution in [1.29, 1.82) is 0 Å². The third kappa shape index (κ3) is 8.62. The number of nitrogen functional groups attached to an aromatic ring is 1. The number of carbonyl (C=O) groups is 1. The molecule has 0 bridgehead atoms. The van der Waals surface area contributed by atoms with E-state index in [1.165, 1.54) is 17.0 Å². The minimum atomic E-state index is -5.86. The van der Waals surface area contributed by atoms with Gasteiger partial charge < -0.3 is 44.3 Å². The Morgan fingerprint density at radius 1 is 1.24 bits per heavy atom. The van der Waals surface area contributed by atoms with E-state index in [0.29, 0.717) is 0 Å². The van der Waals surface area contributed by atoms with Gasteiger partial charge in [-0.3, -0.25) is 19.4 Å². The second kappa shape index (κ2) is 13.4. The van der Waals surface area contributed by atoms with Crippen LogP contribution in [0.4, 0.5) is 11.5 Å². The van der Waals surface area contributed by atoms with Gasteiger partial charge >= 0.3 is 29.4 Å². The number of nitro groups is 1. The van der Waals surface area contributed by atoms with Crippen molar-refractivity contribution < 1.29 is 65.6 Å². The van der Waals surface area contributed by atoms with Crippen LogP contribution in [0.2, 0.25) is 0 Å². The molecule has 5 atom stereocenters. The van der Waals surface area contributed by atoms with E-state index in [2.05, 4.69) is 33.1 Å². The van der Waals surface area contributed by atoms with Crippen molar-refractivity contribution in [1.82, 2.24) is 14.5 Å². The number of ether oxygens (including phenoxy) is 2. The molecule has 0 saturated carbocycles. The Kier molecular flexibility index (Phi) is 10.1. The molecule has 1 fully saturated rings. The van der Waals surface area contributed by atoms with Crippen LogP contribution in [0.15, 0.2) is 40.5 Å². The van der Waals surface area contributed by atoms with Crippen LogP contribution in [0.1, 0.15) is 28.6 Å². The maximum atomic E-state index is 13.2. The molecule has 24 nitrogen and oxygen atoms in total. The number of aromatic nitrogens is 3. The molecular weight excluding hydrogens is 689 g/mol. The maximum absolute atomic E-state index is 13.2. The van der Waals surface area contributed by atoms with E-state index in [-0.39, 0.29) is 34.4 Å². The van der Waals surface area contributed by atoms with E-state index in [9.17, 15) is 43.2 Å². The van der Waals surface area contributed by atoms with Crippen molar-refractivity contribution in [3.05, 3.63) is 72.6 Å². The molecular formula is C19H21N8O16P3. The van der Waals surface area contributed by atoms with E-state index in [1.54, 1.807) is 0 Å². The minimum Gasteiger partial charge on any atom is -0.456 e. The number of carbonyl (C=O) groups excluding carboxylic acids is 1. The molecule has 1 aliphatic rings. The highest BCUT2D eigenvalue weighted by molar-refractivity contribution is 7.66. The highest BCUT2D eigenvalue weighted by Gasteiger charge is 2.44. The lowest BCUT2D eigenvalue weighted by molar-refractivity contribution is -0.384. The van der Waals surface area contributed by atoms with Crippen molar-refractivity contribution in [2.75, 3.05) is 12.3 Å². The first-order valence-electron chi connectivity index (χ1n) is 12.2. The van der Waals surface area contributed by atoms with Crippen LogP contribution >= 0.6 is 23.5 Å². The predicted molar refractivity (Wildman–Crippen MR) is 148 cm³/mol. The summed E-state index contributed by atoms with van der Waals surface area (Å²) in [6.07, 6.45) is -3.08.